The van der Waals surface area contributed by atoms with Crippen LogP contribution in [0.1, 0.15) is 20.7 Å². The van der Waals surface area contributed by atoms with Crippen molar-refractivity contribution in [3.63, 3.8) is 0 Å². The van der Waals surface area contributed by atoms with Crippen molar-refractivity contribution < 1.29 is 9.59 Å². The highest BCUT2D eigenvalue weighted by atomic mass is 16.2. The highest BCUT2D eigenvalue weighted by Gasteiger charge is 2.32. The van der Waals surface area contributed by atoms with Gasteiger partial charge in [0.1, 0.15) is 5.82 Å². The molecule has 106 valence electrons. The van der Waals surface area contributed by atoms with E-state index in [0.717, 1.165) is 4.90 Å². The molecule has 2 N–H and O–H groups in total. The van der Waals surface area contributed by atoms with Crippen LogP contribution in [0.3, 0.4) is 0 Å². The number of benzene rings is 1. The topological polar surface area (TPSA) is 87.2 Å². The Kier molecular flexibility index (Phi) is 3.02. The van der Waals surface area contributed by atoms with Gasteiger partial charge in [-0.1, -0.05) is 0 Å². The third kappa shape index (κ3) is 2.18. The van der Waals surface area contributed by atoms with Gasteiger partial charge in [-0.05, 0) is 18.2 Å². The standard InChI is InChI=1S/C14H13N5O2/c1-15-11-6-16-7-12(18-11)17-8-3-4-9-10(5-8)14(21)19(2)13(9)20/h3-7H,1-2H3,(H2,15,17,18). The minimum Gasteiger partial charge on any atom is -0.372 e. The predicted molar refractivity (Wildman–Crippen MR) is 77.7 cm³/mol. The molecule has 2 amide bonds. The summed E-state index contributed by atoms with van der Waals surface area (Å²) in [5.41, 5.74) is 1.49. The van der Waals surface area contributed by atoms with Crippen LogP contribution in [0.15, 0.2) is 30.6 Å². The fraction of sp³-hybridized carbons (Fsp3) is 0.143. The molecule has 1 aliphatic rings. The highest BCUT2D eigenvalue weighted by Crippen LogP contribution is 2.26. The Balaban J connectivity index is 1.92. The van der Waals surface area contributed by atoms with Gasteiger partial charge in [-0.15, -0.1) is 0 Å². The summed E-state index contributed by atoms with van der Waals surface area (Å²) < 4.78 is 0. The van der Waals surface area contributed by atoms with Crippen LogP contribution in [-0.4, -0.2) is 40.8 Å². The molecular formula is C14H13N5O2. The molecule has 1 aromatic heterocycles. The summed E-state index contributed by atoms with van der Waals surface area (Å²) >= 11 is 0. The van der Waals surface area contributed by atoms with E-state index in [-0.39, 0.29) is 11.8 Å². The highest BCUT2D eigenvalue weighted by molar-refractivity contribution is 6.21. The van der Waals surface area contributed by atoms with Crippen molar-refractivity contribution in [2.45, 2.75) is 0 Å². The Hall–Kier alpha value is -2.96. The molecule has 1 aromatic carbocycles. The van der Waals surface area contributed by atoms with Gasteiger partial charge < -0.3 is 10.6 Å². The third-order valence-corrected chi connectivity index (χ3v) is 3.25. The van der Waals surface area contributed by atoms with E-state index in [1.165, 1.54) is 7.05 Å². The van der Waals surface area contributed by atoms with Crippen LogP contribution in [0.25, 0.3) is 0 Å². The summed E-state index contributed by atoms with van der Waals surface area (Å²) in [6.07, 6.45) is 3.18. The van der Waals surface area contributed by atoms with E-state index in [1.807, 2.05) is 0 Å². The molecule has 0 unspecified atom stereocenters. The molecule has 3 rings (SSSR count). The second-order valence-corrected chi connectivity index (χ2v) is 4.59. The average Bonchev–Trinajstić information content (AvgIpc) is 2.72. The first-order valence-corrected chi connectivity index (χ1v) is 6.33. The van der Waals surface area contributed by atoms with Gasteiger partial charge in [0.25, 0.3) is 11.8 Å². The van der Waals surface area contributed by atoms with Gasteiger partial charge >= 0.3 is 0 Å². The van der Waals surface area contributed by atoms with E-state index in [2.05, 4.69) is 20.6 Å². The van der Waals surface area contributed by atoms with Gasteiger partial charge in [-0.3, -0.25) is 19.5 Å². The summed E-state index contributed by atoms with van der Waals surface area (Å²) in [5.74, 6) is 0.603. The number of fused-ring (bicyclic) bond motifs is 1. The Morgan fingerprint density at radius 1 is 1.05 bits per heavy atom. The second kappa shape index (κ2) is 4.86. The molecule has 0 radical (unpaired) electrons. The number of hydrogen-bond acceptors (Lipinski definition) is 6. The maximum atomic E-state index is 12.0. The molecule has 1 aliphatic heterocycles. The number of nitrogens with zero attached hydrogens (tertiary/aromatic N) is 3. The zero-order valence-corrected chi connectivity index (χ0v) is 11.5. The number of carbonyl (C=O) groups is 2. The number of imide groups is 1. The molecule has 2 aromatic rings. The van der Waals surface area contributed by atoms with Gasteiger partial charge in [0, 0.05) is 19.8 Å². The van der Waals surface area contributed by atoms with E-state index in [1.54, 1.807) is 37.6 Å². The number of rotatable bonds is 3. The lowest BCUT2D eigenvalue weighted by atomic mass is 10.1. The molecule has 0 spiro atoms. The van der Waals surface area contributed by atoms with E-state index in [4.69, 9.17) is 0 Å². The van der Waals surface area contributed by atoms with E-state index < -0.39 is 0 Å². The molecule has 0 fully saturated rings. The van der Waals surface area contributed by atoms with Crippen LogP contribution in [0.4, 0.5) is 17.3 Å². The van der Waals surface area contributed by atoms with Crippen LogP contribution < -0.4 is 10.6 Å². The molecule has 7 heteroatoms. The summed E-state index contributed by atoms with van der Waals surface area (Å²) in [6, 6.07) is 5.01. The van der Waals surface area contributed by atoms with Crippen molar-refractivity contribution in [1.29, 1.82) is 0 Å². The maximum absolute atomic E-state index is 12.0. The van der Waals surface area contributed by atoms with Gasteiger partial charge in [0.15, 0.2) is 5.82 Å². The maximum Gasteiger partial charge on any atom is 0.261 e. The number of nitrogens with one attached hydrogen (secondary N) is 2. The van der Waals surface area contributed by atoms with Crippen molar-refractivity contribution >= 4 is 29.1 Å². The number of anilines is 3. The molecule has 7 nitrogen and oxygen atoms in total. The molecule has 0 atom stereocenters. The zero-order chi connectivity index (χ0) is 15.0. The minimum atomic E-state index is -0.297. The molecule has 0 saturated carbocycles. The zero-order valence-electron chi connectivity index (χ0n) is 11.5. The van der Waals surface area contributed by atoms with Crippen LogP contribution in [0.2, 0.25) is 0 Å². The quantitative estimate of drug-likeness (QED) is 0.830. The lowest BCUT2D eigenvalue weighted by Gasteiger charge is -2.07. The Morgan fingerprint density at radius 2 is 1.76 bits per heavy atom. The number of carbonyl (C=O) groups excluding carboxylic acids is 2. The summed E-state index contributed by atoms with van der Waals surface area (Å²) in [7, 11) is 3.23. The van der Waals surface area contributed by atoms with E-state index in [9.17, 15) is 9.59 Å². The lowest BCUT2D eigenvalue weighted by molar-refractivity contribution is 0.0693. The van der Waals surface area contributed by atoms with Crippen molar-refractivity contribution in [1.82, 2.24) is 14.9 Å². The Labute approximate surface area is 121 Å². The first kappa shape index (κ1) is 13.0. The number of hydrogen-bond donors (Lipinski definition) is 2. The van der Waals surface area contributed by atoms with Crippen molar-refractivity contribution in [3.8, 4) is 0 Å². The van der Waals surface area contributed by atoms with E-state index >= 15 is 0 Å². The Bertz CT molecular complexity index is 744. The Morgan fingerprint density at radius 3 is 2.52 bits per heavy atom. The van der Waals surface area contributed by atoms with Crippen LogP contribution >= 0.6 is 0 Å². The average molecular weight is 283 g/mol. The minimum absolute atomic E-state index is 0.279. The SMILES string of the molecule is CNc1cncc(Nc2ccc3c(c2)C(=O)N(C)C3=O)n1. The van der Waals surface area contributed by atoms with Gasteiger partial charge in [0.2, 0.25) is 0 Å². The fourth-order valence-corrected chi connectivity index (χ4v) is 2.13. The van der Waals surface area contributed by atoms with Gasteiger partial charge in [-0.2, -0.15) is 0 Å². The lowest BCUT2D eigenvalue weighted by Crippen LogP contribution is -2.24. The fourth-order valence-electron chi connectivity index (χ4n) is 2.13. The molecule has 0 aliphatic carbocycles. The molecule has 0 bridgehead atoms. The van der Waals surface area contributed by atoms with Crippen molar-refractivity contribution in [3.05, 3.63) is 41.7 Å². The molecule has 2 heterocycles. The first-order valence-electron chi connectivity index (χ1n) is 6.33. The van der Waals surface area contributed by atoms with Crippen molar-refractivity contribution in [2.75, 3.05) is 24.7 Å². The summed E-state index contributed by atoms with van der Waals surface area (Å²) in [6.45, 7) is 0. The third-order valence-electron chi connectivity index (χ3n) is 3.25. The number of amides is 2. The van der Waals surface area contributed by atoms with Crippen molar-refractivity contribution in [2.24, 2.45) is 0 Å². The van der Waals surface area contributed by atoms with Crippen LogP contribution in [0, 0.1) is 0 Å². The summed E-state index contributed by atoms with van der Waals surface area (Å²) in [5, 5.41) is 5.96. The first-order chi connectivity index (χ1) is 10.1. The van der Waals surface area contributed by atoms with E-state index in [0.29, 0.717) is 28.5 Å². The predicted octanol–water partition coefficient (Wildman–Crippen LogP) is 1.49. The number of aromatic nitrogens is 2. The van der Waals surface area contributed by atoms with Gasteiger partial charge in [-0.25, -0.2) is 4.98 Å². The smallest absolute Gasteiger partial charge is 0.261 e. The van der Waals surface area contributed by atoms with Crippen LogP contribution in [0.5, 0.6) is 0 Å². The second-order valence-electron chi connectivity index (χ2n) is 4.59. The van der Waals surface area contributed by atoms with Gasteiger partial charge in [0.05, 0.1) is 23.5 Å². The normalized spacial score (nSPS) is 13.3. The largest absolute Gasteiger partial charge is 0.372 e. The van der Waals surface area contributed by atoms with Crippen LogP contribution in [-0.2, 0) is 0 Å². The summed E-state index contributed by atoms with van der Waals surface area (Å²) in [4.78, 5) is 33.2. The molecular weight excluding hydrogens is 270 g/mol. The monoisotopic (exact) mass is 283 g/mol. The molecule has 21 heavy (non-hydrogen) atoms. The molecule has 0 saturated heterocycles.